The predicted octanol–water partition coefficient (Wildman–Crippen LogP) is 4.48. The number of ether oxygens (including phenoxy) is 2. The second-order valence-corrected chi connectivity index (χ2v) is 10.4. The molecular formula is C32H26N7O8+. The summed E-state index contributed by atoms with van der Waals surface area (Å²) in [6, 6.07) is 23.5. The van der Waals surface area contributed by atoms with Crippen LogP contribution in [0.15, 0.2) is 113 Å². The van der Waals surface area contributed by atoms with Crippen LogP contribution in [0.5, 0.6) is 11.5 Å². The molecule has 4 N–H and O–H groups in total. The predicted molar refractivity (Wildman–Crippen MR) is 170 cm³/mol. The van der Waals surface area contributed by atoms with E-state index in [4.69, 9.17) is 20.2 Å². The normalized spacial score (nSPS) is 17.9. The van der Waals surface area contributed by atoms with Crippen molar-refractivity contribution in [2.45, 2.75) is 5.66 Å². The summed E-state index contributed by atoms with van der Waals surface area (Å²) >= 11 is 0. The van der Waals surface area contributed by atoms with Crippen molar-refractivity contribution < 1.29 is 28.9 Å². The molecule has 0 radical (unpaired) electrons. The van der Waals surface area contributed by atoms with E-state index in [1.54, 1.807) is 54.6 Å². The van der Waals surface area contributed by atoms with Gasteiger partial charge in [0, 0.05) is 35.9 Å². The minimum Gasteiger partial charge on any atom is -0.491 e. The summed E-state index contributed by atoms with van der Waals surface area (Å²) in [5.41, 5.74) is 3.51. The minimum absolute atomic E-state index is 0.0401. The maximum Gasteiger partial charge on any atom is 0.438 e. The Labute approximate surface area is 266 Å². The maximum absolute atomic E-state index is 14.6. The third-order valence-corrected chi connectivity index (χ3v) is 8.03. The van der Waals surface area contributed by atoms with Gasteiger partial charge in [0.25, 0.3) is 23.1 Å². The van der Waals surface area contributed by atoms with Crippen molar-refractivity contribution in [1.29, 1.82) is 0 Å². The Kier molecular flexibility index (Phi) is 7.37. The number of hydrogen-bond donors (Lipinski definition) is 3. The molecule has 1 atom stereocenters. The standard InChI is InChI=1S/C32H25N7O8/c1-46-25-13-7-5-11-23(25)39(24-12-6-8-14-26(24)47-2)30-28(34-31(39)41)27(29(33)40)35-32(36-30,19-15-17-20(18-16-19)37(42)43)21-9-3-4-10-22(21)38(44)45/h3-18H,1-2H3,(H3-,33,34,35,36,40,41)/p+1. The highest BCUT2D eigenvalue weighted by molar-refractivity contribution is 6.31. The summed E-state index contributed by atoms with van der Waals surface area (Å²) in [5.74, 6) is -0.572. The molecule has 1 fully saturated rings. The molecule has 0 aliphatic carbocycles. The first-order valence-corrected chi connectivity index (χ1v) is 14.0. The highest BCUT2D eigenvalue weighted by Crippen LogP contribution is 2.52. The van der Waals surface area contributed by atoms with Gasteiger partial charge in [0.05, 0.1) is 29.6 Å². The van der Waals surface area contributed by atoms with E-state index in [9.17, 15) is 29.8 Å². The fraction of sp³-hybridized carbons (Fsp3) is 0.0938. The number of para-hydroxylation sites is 5. The van der Waals surface area contributed by atoms with E-state index >= 15 is 0 Å². The van der Waals surface area contributed by atoms with Crippen LogP contribution < -0.4 is 30.3 Å². The molecule has 2 aliphatic rings. The number of rotatable bonds is 9. The van der Waals surface area contributed by atoms with E-state index in [2.05, 4.69) is 10.6 Å². The number of urea groups is 1. The number of benzene rings is 4. The summed E-state index contributed by atoms with van der Waals surface area (Å²) in [4.78, 5) is 55.8. The number of methoxy groups -OCH3 is 2. The van der Waals surface area contributed by atoms with Crippen molar-refractivity contribution in [2.24, 2.45) is 10.7 Å². The number of fused-ring (bicyclic) bond motifs is 1. The molecule has 0 saturated carbocycles. The zero-order valence-electron chi connectivity index (χ0n) is 24.9. The number of nitro groups is 2. The molecule has 1 unspecified atom stereocenters. The van der Waals surface area contributed by atoms with Gasteiger partial charge in [0.15, 0.2) is 34.2 Å². The molecule has 2 heterocycles. The summed E-state index contributed by atoms with van der Waals surface area (Å²) in [7, 11) is 2.85. The summed E-state index contributed by atoms with van der Waals surface area (Å²) in [5, 5.41) is 29.8. The van der Waals surface area contributed by atoms with Crippen LogP contribution in [0.1, 0.15) is 11.1 Å². The Bertz CT molecular complexity index is 2000. The number of nitrogens with one attached hydrogen (secondary N) is 2. The number of carbonyl (C=O) groups excluding carboxylic acids is 2. The third-order valence-electron chi connectivity index (χ3n) is 8.03. The fourth-order valence-corrected chi connectivity index (χ4v) is 6.00. The van der Waals surface area contributed by atoms with Gasteiger partial charge in [-0.15, -0.1) is 4.48 Å². The molecule has 47 heavy (non-hydrogen) atoms. The Morgan fingerprint density at radius 1 is 0.830 bits per heavy atom. The number of carbonyl (C=O) groups is 2. The van der Waals surface area contributed by atoms with E-state index in [1.165, 1.54) is 56.7 Å². The Morgan fingerprint density at radius 2 is 1.38 bits per heavy atom. The van der Waals surface area contributed by atoms with Gasteiger partial charge in [-0.3, -0.25) is 30.3 Å². The fourth-order valence-electron chi connectivity index (χ4n) is 6.00. The van der Waals surface area contributed by atoms with Gasteiger partial charge >= 0.3 is 6.03 Å². The summed E-state index contributed by atoms with van der Waals surface area (Å²) in [6.45, 7) is 0. The number of nitro benzene ring substituents is 2. The highest BCUT2D eigenvalue weighted by Gasteiger charge is 2.62. The molecule has 0 aromatic heterocycles. The van der Waals surface area contributed by atoms with Crippen LogP contribution in [0.3, 0.4) is 0 Å². The molecule has 4 aromatic carbocycles. The lowest BCUT2D eigenvalue weighted by molar-refractivity contribution is -0.386. The highest BCUT2D eigenvalue weighted by atomic mass is 16.6. The number of primary amides is 1. The molecular weight excluding hydrogens is 610 g/mol. The zero-order valence-corrected chi connectivity index (χ0v) is 24.9. The molecule has 2 aliphatic heterocycles. The number of amides is 3. The molecule has 6 rings (SSSR count). The van der Waals surface area contributed by atoms with E-state index in [1.807, 2.05) is 0 Å². The van der Waals surface area contributed by atoms with Gasteiger partial charge in [0.1, 0.15) is 5.70 Å². The molecule has 15 nitrogen and oxygen atoms in total. The van der Waals surface area contributed by atoms with E-state index in [-0.39, 0.29) is 62.6 Å². The Hall–Kier alpha value is -6.61. The third kappa shape index (κ3) is 4.52. The summed E-state index contributed by atoms with van der Waals surface area (Å²) < 4.78 is 10.6. The van der Waals surface area contributed by atoms with E-state index < -0.39 is 31.9 Å². The first-order valence-electron chi connectivity index (χ1n) is 14.0. The van der Waals surface area contributed by atoms with Gasteiger partial charge in [-0.2, -0.15) is 4.99 Å². The van der Waals surface area contributed by atoms with Crippen molar-refractivity contribution in [1.82, 2.24) is 15.1 Å². The largest absolute Gasteiger partial charge is 0.491 e. The molecule has 3 amide bonds. The number of aliphatic imine (C=N–C) groups is 1. The van der Waals surface area contributed by atoms with Crippen molar-refractivity contribution in [3.05, 3.63) is 140 Å². The minimum atomic E-state index is -2.03. The van der Waals surface area contributed by atoms with Gasteiger partial charge in [-0.05, 0) is 30.3 Å². The molecule has 4 aromatic rings. The van der Waals surface area contributed by atoms with Gasteiger partial charge in [0.2, 0.25) is 0 Å². The van der Waals surface area contributed by atoms with Gasteiger partial charge < -0.3 is 20.5 Å². The molecule has 1 saturated heterocycles. The number of quaternary nitrogens is 1. The van der Waals surface area contributed by atoms with Crippen LogP contribution in [0, 0.1) is 20.2 Å². The van der Waals surface area contributed by atoms with Crippen molar-refractivity contribution in [3.8, 4) is 11.5 Å². The Morgan fingerprint density at radius 3 is 1.91 bits per heavy atom. The first kappa shape index (κ1) is 30.4. The summed E-state index contributed by atoms with van der Waals surface area (Å²) in [6.07, 6.45) is 0. The SMILES string of the molecule is COc1ccccc1[N+]1(c2ccccc2OC)C(=O)NC2=C(C(N)=O)NC(c3ccc([N+](=O)[O-])cc3)(c3ccccc3[N+](=O)[O-])N=C21. The van der Waals surface area contributed by atoms with E-state index in [0.717, 1.165) is 0 Å². The van der Waals surface area contributed by atoms with Crippen LogP contribution in [-0.2, 0) is 10.5 Å². The number of amidine groups is 1. The number of nitrogens with zero attached hydrogens (tertiary/aromatic N) is 4. The quantitative estimate of drug-likeness (QED) is 0.134. The second-order valence-electron chi connectivity index (χ2n) is 10.4. The topological polar surface area (TPSA) is 201 Å². The maximum atomic E-state index is 14.6. The second kappa shape index (κ2) is 11.4. The van der Waals surface area contributed by atoms with Gasteiger partial charge in [-0.1, -0.05) is 36.4 Å². The van der Waals surface area contributed by atoms with Crippen LogP contribution >= 0.6 is 0 Å². The number of nitrogens with two attached hydrogens (primary N) is 1. The number of non-ortho nitro benzene ring substituents is 1. The molecule has 15 heteroatoms. The van der Waals surface area contributed by atoms with Gasteiger partial charge in [-0.25, -0.2) is 4.79 Å². The lowest BCUT2D eigenvalue weighted by atomic mass is 9.88. The van der Waals surface area contributed by atoms with Crippen molar-refractivity contribution >= 4 is 40.5 Å². The average molecular weight is 637 g/mol. The molecule has 0 bridgehead atoms. The van der Waals surface area contributed by atoms with Crippen LogP contribution in [0.4, 0.5) is 27.5 Å². The Balaban J connectivity index is 1.82. The smallest absolute Gasteiger partial charge is 0.438 e. The zero-order chi connectivity index (χ0) is 33.5. The number of hydrogen-bond acceptors (Lipinski definition) is 10. The molecule has 0 spiro atoms. The lowest BCUT2D eigenvalue weighted by Gasteiger charge is -2.38. The monoisotopic (exact) mass is 636 g/mol. The van der Waals surface area contributed by atoms with Crippen LogP contribution in [0.2, 0.25) is 0 Å². The van der Waals surface area contributed by atoms with Crippen LogP contribution in [-0.4, -0.2) is 41.8 Å². The lowest BCUT2D eigenvalue weighted by Crippen LogP contribution is -2.55. The van der Waals surface area contributed by atoms with Crippen molar-refractivity contribution in [3.63, 3.8) is 0 Å². The molecule has 236 valence electrons. The van der Waals surface area contributed by atoms with Crippen molar-refractivity contribution in [2.75, 3.05) is 14.2 Å². The van der Waals surface area contributed by atoms with E-state index in [0.29, 0.717) is 0 Å². The average Bonchev–Trinajstić information content (AvgIpc) is 3.38. The first-order chi connectivity index (χ1) is 22.6. The van der Waals surface area contributed by atoms with Crippen LogP contribution in [0.25, 0.3) is 0 Å².